The van der Waals surface area contributed by atoms with Crippen LogP contribution in [0.4, 0.5) is 5.69 Å². The van der Waals surface area contributed by atoms with Crippen LogP contribution < -0.4 is 9.64 Å². The fourth-order valence-electron chi connectivity index (χ4n) is 4.43. The Morgan fingerprint density at radius 1 is 1.14 bits per heavy atom. The molecule has 3 heterocycles. The molecule has 2 aromatic carbocycles. The number of hydrogen-bond acceptors (Lipinski definition) is 6. The third-order valence-electron chi connectivity index (χ3n) is 6.38. The first-order valence-corrected chi connectivity index (χ1v) is 12.5. The van der Waals surface area contributed by atoms with Crippen LogP contribution in [-0.2, 0) is 27.9 Å². The highest BCUT2D eigenvalue weighted by molar-refractivity contribution is 5.96. The van der Waals surface area contributed by atoms with Crippen molar-refractivity contribution in [1.82, 2.24) is 9.55 Å². The molecule has 190 valence electrons. The van der Waals surface area contributed by atoms with Gasteiger partial charge in [-0.05, 0) is 61.6 Å². The van der Waals surface area contributed by atoms with Crippen LogP contribution in [0.15, 0.2) is 60.4 Å². The lowest BCUT2D eigenvalue weighted by molar-refractivity contribution is -0.136. The maximum atomic E-state index is 12.4. The number of aromatic nitrogens is 2. The summed E-state index contributed by atoms with van der Waals surface area (Å²) in [5.74, 6) is 1.53. The summed E-state index contributed by atoms with van der Waals surface area (Å²) in [6, 6.07) is 14.4. The van der Waals surface area contributed by atoms with Gasteiger partial charge in [0.25, 0.3) is 0 Å². The molecule has 0 spiro atoms. The predicted octanol–water partition coefficient (Wildman–Crippen LogP) is 5.25. The smallest absolute Gasteiger partial charge is 0.333 e. The number of imidazole rings is 1. The molecule has 1 aromatic heterocycles. The minimum atomic E-state index is -0.287. The molecule has 0 unspecified atom stereocenters. The summed E-state index contributed by atoms with van der Waals surface area (Å²) in [6.45, 7) is 5.95. The van der Waals surface area contributed by atoms with Gasteiger partial charge in [0.05, 0.1) is 20.3 Å². The minimum Gasteiger partial charge on any atom is -0.493 e. The lowest BCUT2D eigenvalue weighted by Crippen LogP contribution is -2.26. The Hall–Kier alpha value is -3.58. The molecule has 1 fully saturated rings. The van der Waals surface area contributed by atoms with E-state index in [2.05, 4.69) is 34.1 Å². The highest BCUT2D eigenvalue weighted by Crippen LogP contribution is 2.36. The Morgan fingerprint density at radius 3 is 2.61 bits per heavy atom. The summed E-state index contributed by atoms with van der Waals surface area (Å²) in [6.07, 6.45) is 8.86. The Kier molecular flexibility index (Phi) is 8.79. The van der Waals surface area contributed by atoms with E-state index in [0.29, 0.717) is 31.7 Å². The van der Waals surface area contributed by atoms with Crippen LogP contribution in [0, 0.1) is 0 Å². The van der Waals surface area contributed by atoms with Crippen LogP contribution in [0.2, 0.25) is 0 Å². The van der Waals surface area contributed by atoms with E-state index in [4.69, 9.17) is 14.2 Å². The predicted molar refractivity (Wildman–Crippen MR) is 142 cm³/mol. The summed E-state index contributed by atoms with van der Waals surface area (Å²) in [5.41, 5.74) is 4.79. The van der Waals surface area contributed by atoms with E-state index in [9.17, 15) is 4.79 Å². The normalized spacial score (nSPS) is 14.8. The van der Waals surface area contributed by atoms with Crippen molar-refractivity contribution in [2.24, 2.45) is 7.05 Å². The number of aryl methyl sites for hydroxylation is 1. The monoisotopic (exact) mass is 489 g/mol. The largest absolute Gasteiger partial charge is 0.493 e. The molecule has 0 aliphatic carbocycles. The summed E-state index contributed by atoms with van der Waals surface area (Å²) in [4.78, 5) is 19.1. The standard InChI is InChI=1S/C25H27N3O3.C4H8O/c1-4-31-23-8-6-5-7-21(23)18-9-10-22-20(15-18)16-19(25(29)30-3)11-13-28(22)17-24-26-12-14-27(24)2;1-2-4-5-3-1/h5-10,12,14-16H,4,11,13,17H2,1-3H3;1-4H2. The van der Waals surface area contributed by atoms with Crippen molar-refractivity contribution in [3.05, 3.63) is 71.8 Å². The van der Waals surface area contributed by atoms with E-state index < -0.39 is 0 Å². The van der Waals surface area contributed by atoms with Gasteiger partial charge >= 0.3 is 5.97 Å². The number of nitrogens with zero attached hydrogens (tertiary/aromatic N) is 3. The second kappa shape index (κ2) is 12.4. The van der Waals surface area contributed by atoms with Crippen LogP contribution in [0.25, 0.3) is 17.2 Å². The number of para-hydroxylation sites is 1. The Labute approximate surface area is 213 Å². The summed E-state index contributed by atoms with van der Waals surface area (Å²) in [7, 11) is 3.42. The number of fused-ring (bicyclic) bond motifs is 1. The molecule has 7 nitrogen and oxygen atoms in total. The number of carbonyl (C=O) groups is 1. The molecular weight excluding hydrogens is 454 g/mol. The first-order valence-electron chi connectivity index (χ1n) is 12.5. The van der Waals surface area contributed by atoms with Crippen molar-refractivity contribution >= 4 is 17.7 Å². The molecule has 2 aliphatic rings. The van der Waals surface area contributed by atoms with Crippen LogP contribution in [0.1, 0.15) is 37.6 Å². The fraction of sp³-hybridized carbons (Fsp3) is 0.379. The van der Waals surface area contributed by atoms with Gasteiger partial charge in [-0.1, -0.05) is 24.3 Å². The SMILES string of the molecule is C1CCOC1.CCOc1ccccc1-c1ccc2c(c1)C=C(C(=O)OC)CCN2Cc1nccn1C. The maximum Gasteiger partial charge on any atom is 0.333 e. The number of carbonyl (C=O) groups excluding carboxylic acids is 1. The molecule has 3 aromatic rings. The van der Waals surface area contributed by atoms with E-state index in [-0.39, 0.29) is 5.97 Å². The van der Waals surface area contributed by atoms with Crippen LogP contribution >= 0.6 is 0 Å². The minimum absolute atomic E-state index is 0.287. The van der Waals surface area contributed by atoms with Crippen molar-refractivity contribution in [1.29, 1.82) is 0 Å². The van der Waals surface area contributed by atoms with Gasteiger partial charge in [0, 0.05) is 56.0 Å². The number of anilines is 1. The van der Waals surface area contributed by atoms with Crippen molar-refractivity contribution < 1.29 is 19.0 Å². The highest BCUT2D eigenvalue weighted by Gasteiger charge is 2.22. The van der Waals surface area contributed by atoms with Crippen LogP contribution in [-0.4, -0.2) is 49.0 Å². The Morgan fingerprint density at radius 2 is 1.94 bits per heavy atom. The zero-order valence-electron chi connectivity index (χ0n) is 21.4. The lowest BCUT2D eigenvalue weighted by atomic mass is 9.99. The van der Waals surface area contributed by atoms with Gasteiger partial charge in [-0.2, -0.15) is 0 Å². The van der Waals surface area contributed by atoms with Gasteiger partial charge in [-0.15, -0.1) is 0 Å². The lowest BCUT2D eigenvalue weighted by Gasteiger charge is -2.25. The summed E-state index contributed by atoms with van der Waals surface area (Å²) < 4.78 is 17.8. The number of ether oxygens (including phenoxy) is 3. The van der Waals surface area contributed by atoms with E-state index in [1.807, 2.05) is 49.0 Å². The third kappa shape index (κ3) is 6.15. The number of methoxy groups -OCH3 is 1. The fourth-order valence-corrected chi connectivity index (χ4v) is 4.43. The molecule has 7 heteroatoms. The number of rotatable bonds is 6. The molecule has 0 bridgehead atoms. The molecular formula is C29H35N3O4. The number of benzene rings is 2. The van der Waals surface area contributed by atoms with Gasteiger partial charge in [0.15, 0.2) is 0 Å². The summed E-state index contributed by atoms with van der Waals surface area (Å²) >= 11 is 0. The molecule has 0 amide bonds. The van der Waals surface area contributed by atoms with Crippen molar-refractivity contribution in [3.8, 4) is 16.9 Å². The van der Waals surface area contributed by atoms with Crippen molar-refractivity contribution in [2.45, 2.75) is 32.7 Å². The molecule has 36 heavy (non-hydrogen) atoms. The molecule has 2 aliphatic heterocycles. The van der Waals surface area contributed by atoms with Crippen LogP contribution in [0.5, 0.6) is 5.75 Å². The maximum absolute atomic E-state index is 12.4. The Bertz CT molecular complexity index is 1190. The summed E-state index contributed by atoms with van der Waals surface area (Å²) in [5, 5.41) is 0. The molecule has 0 atom stereocenters. The van der Waals surface area contributed by atoms with Gasteiger partial charge in [-0.25, -0.2) is 9.78 Å². The third-order valence-corrected chi connectivity index (χ3v) is 6.38. The molecule has 5 rings (SSSR count). The quantitative estimate of drug-likeness (QED) is 0.441. The van der Waals surface area contributed by atoms with Gasteiger partial charge < -0.3 is 23.7 Å². The average molecular weight is 490 g/mol. The molecule has 0 N–H and O–H groups in total. The first kappa shape index (κ1) is 25.5. The second-order valence-electron chi connectivity index (χ2n) is 8.81. The topological polar surface area (TPSA) is 65.8 Å². The molecule has 0 saturated carbocycles. The average Bonchev–Trinajstić information content (AvgIpc) is 3.58. The Balaban J connectivity index is 0.000000543. The zero-order valence-corrected chi connectivity index (χ0v) is 21.4. The van der Waals surface area contributed by atoms with Gasteiger partial charge in [-0.3, -0.25) is 0 Å². The highest BCUT2D eigenvalue weighted by atomic mass is 16.5. The number of hydrogen-bond donors (Lipinski definition) is 0. The first-order chi connectivity index (χ1) is 17.6. The van der Waals surface area contributed by atoms with E-state index in [1.54, 1.807) is 6.20 Å². The van der Waals surface area contributed by atoms with E-state index in [1.165, 1.54) is 20.0 Å². The van der Waals surface area contributed by atoms with Crippen molar-refractivity contribution in [2.75, 3.05) is 38.4 Å². The van der Waals surface area contributed by atoms with Gasteiger partial charge in [0.2, 0.25) is 0 Å². The van der Waals surface area contributed by atoms with Crippen molar-refractivity contribution in [3.63, 3.8) is 0 Å². The number of esters is 1. The van der Waals surface area contributed by atoms with Gasteiger partial charge in [0.1, 0.15) is 11.6 Å². The zero-order chi connectivity index (χ0) is 25.3. The van der Waals surface area contributed by atoms with E-state index >= 15 is 0 Å². The molecule has 0 radical (unpaired) electrons. The molecule has 1 saturated heterocycles. The second-order valence-corrected chi connectivity index (χ2v) is 8.81. The van der Waals surface area contributed by atoms with E-state index in [0.717, 1.165) is 47.2 Å². The van der Waals surface area contributed by atoms with Crippen LogP contribution in [0.3, 0.4) is 0 Å².